The normalized spacial score (nSPS) is 19.6. The molecule has 0 aliphatic carbocycles. The maximum absolute atomic E-state index is 13.1. The predicted molar refractivity (Wildman–Crippen MR) is 124 cm³/mol. The first-order valence-corrected chi connectivity index (χ1v) is 11.2. The van der Waals surface area contributed by atoms with Crippen LogP contribution in [0.2, 0.25) is 0 Å². The number of carbonyl (C=O) groups excluding carboxylic acids is 2. The predicted octanol–water partition coefficient (Wildman–Crippen LogP) is 6.01. The van der Waals surface area contributed by atoms with Crippen molar-refractivity contribution in [1.82, 2.24) is 9.78 Å². The number of hydrogen-bond acceptors (Lipinski definition) is 7. The smallest absolute Gasteiger partial charge is 0.340 e. The third-order valence-electron chi connectivity index (χ3n) is 5.47. The maximum atomic E-state index is 13.1. The molecule has 0 N–H and O–H groups in total. The van der Waals surface area contributed by atoms with Crippen molar-refractivity contribution in [2.45, 2.75) is 39.6 Å². The largest absolute Gasteiger partial charge is 0.429 e. The molecule has 0 amide bonds. The van der Waals surface area contributed by atoms with Crippen molar-refractivity contribution in [3.63, 3.8) is 0 Å². The van der Waals surface area contributed by atoms with Gasteiger partial charge in [-0.1, -0.05) is 57.2 Å². The first-order valence-electron chi connectivity index (χ1n) is 10.4. The quantitative estimate of drug-likeness (QED) is 0.400. The number of aromatic nitrogens is 2. The molecule has 3 aromatic rings. The Morgan fingerprint density at radius 1 is 0.970 bits per heavy atom. The molecule has 2 aromatic carbocycles. The lowest BCUT2D eigenvalue weighted by molar-refractivity contribution is -0.183. The number of halogens is 1. The van der Waals surface area contributed by atoms with Crippen LogP contribution >= 0.6 is 15.9 Å². The molecule has 0 saturated heterocycles. The van der Waals surface area contributed by atoms with Crippen LogP contribution in [-0.2, 0) is 9.47 Å². The van der Waals surface area contributed by atoms with Gasteiger partial charge in [-0.05, 0) is 47.1 Å². The van der Waals surface area contributed by atoms with Gasteiger partial charge in [0.2, 0.25) is 0 Å². The fraction of sp³-hybridized carbons (Fsp3) is 0.292. The summed E-state index contributed by atoms with van der Waals surface area (Å²) in [7, 11) is 0. The molecule has 1 aromatic heterocycles. The molecule has 9 heteroatoms. The molecule has 0 unspecified atom stereocenters. The monoisotopic (exact) mass is 510 g/mol. The second-order valence-corrected chi connectivity index (χ2v) is 9.46. The van der Waals surface area contributed by atoms with Gasteiger partial charge in [0.1, 0.15) is 4.60 Å². The Balaban J connectivity index is 1.83. The molecule has 2 heterocycles. The fourth-order valence-electron chi connectivity index (χ4n) is 3.49. The average Bonchev–Trinajstić information content (AvgIpc) is 3.09. The molecule has 8 nitrogen and oxygen atoms in total. The Hall–Kier alpha value is -3.33. The number of rotatable bonds is 4. The number of fused-ring (bicyclic) bond motifs is 1. The van der Waals surface area contributed by atoms with Crippen molar-refractivity contribution in [3.05, 3.63) is 82.0 Å². The van der Waals surface area contributed by atoms with E-state index in [4.69, 9.17) is 9.47 Å². The Labute approximate surface area is 199 Å². The van der Waals surface area contributed by atoms with E-state index in [-0.39, 0.29) is 0 Å². The van der Waals surface area contributed by atoms with E-state index in [9.17, 15) is 9.59 Å². The minimum atomic E-state index is -1.69. The number of hydrogen-bond donors (Lipinski definition) is 0. The summed E-state index contributed by atoms with van der Waals surface area (Å²) in [5.74, 6) is -0.808. The Morgan fingerprint density at radius 3 is 2.06 bits per heavy atom. The molecule has 170 valence electrons. The van der Waals surface area contributed by atoms with Crippen LogP contribution in [0.15, 0.2) is 75.5 Å². The number of nitrogens with zero attached hydrogens (tertiary/aromatic N) is 4. The van der Waals surface area contributed by atoms with E-state index in [0.29, 0.717) is 21.5 Å². The van der Waals surface area contributed by atoms with Crippen LogP contribution < -0.4 is 0 Å². The lowest BCUT2D eigenvalue weighted by Gasteiger charge is -2.44. The molecule has 0 fully saturated rings. The molecule has 0 saturated carbocycles. The highest BCUT2D eigenvalue weighted by Gasteiger charge is 2.59. The maximum Gasteiger partial charge on any atom is 0.340 e. The summed E-state index contributed by atoms with van der Waals surface area (Å²) in [6.07, 6.45) is -1.20. The van der Waals surface area contributed by atoms with Gasteiger partial charge in [0.05, 0.1) is 11.1 Å². The van der Waals surface area contributed by atoms with Crippen molar-refractivity contribution in [2.75, 3.05) is 0 Å². The van der Waals surface area contributed by atoms with E-state index < -0.39 is 29.3 Å². The van der Waals surface area contributed by atoms with Crippen LogP contribution in [0.5, 0.6) is 0 Å². The highest BCUT2D eigenvalue weighted by molar-refractivity contribution is 9.10. The van der Waals surface area contributed by atoms with Crippen molar-refractivity contribution in [1.29, 1.82) is 0 Å². The van der Waals surface area contributed by atoms with Crippen molar-refractivity contribution < 1.29 is 19.1 Å². The van der Waals surface area contributed by atoms with E-state index in [1.807, 2.05) is 27.7 Å². The van der Waals surface area contributed by atoms with Gasteiger partial charge in [0, 0.05) is 11.0 Å². The van der Waals surface area contributed by atoms with Crippen LogP contribution in [0.3, 0.4) is 0 Å². The molecule has 1 aliphatic heterocycles. The Morgan fingerprint density at radius 2 is 1.52 bits per heavy atom. The third kappa shape index (κ3) is 4.08. The molecule has 0 spiro atoms. The number of carbonyl (C=O) groups is 2. The molecular weight excluding hydrogens is 488 g/mol. The van der Waals surface area contributed by atoms with Gasteiger partial charge in [-0.3, -0.25) is 0 Å². The molecule has 2 atom stereocenters. The summed E-state index contributed by atoms with van der Waals surface area (Å²) >= 11 is 3.41. The van der Waals surface area contributed by atoms with Gasteiger partial charge >= 0.3 is 11.9 Å². The van der Waals surface area contributed by atoms with Crippen molar-refractivity contribution >= 4 is 33.7 Å². The van der Waals surface area contributed by atoms with E-state index in [0.717, 1.165) is 5.56 Å². The summed E-state index contributed by atoms with van der Waals surface area (Å²) in [5.41, 5.74) is -1.10. The van der Waals surface area contributed by atoms with Crippen LogP contribution in [0, 0.1) is 12.3 Å². The van der Waals surface area contributed by atoms with Gasteiger partial charge in [0.25, 0.3) is 12.0 Å². The molecule has 4 rings (SSSR count). The van der Waals surface area contributed by atoms with Crippen LogP contribution in [0.1, 0.15) is 53.3 Å². The summed E-state index contributed by atoms with van der Waals surface area (Å²) < 4.78 is 14.0. The second-order valence-electron chi connectivity index (χ2n) is 8.71. The van der Waals surface area contributed by atoms with Gasteiger partial charge < -0.3 is 9.47 Å². The van der Waals surface area contributed by atoms with Gasteiger partial charge in [-0.25, -0.2) is 9.59 Å². The Bertz CT molecular complexity index is 1220. The van der Waals surface area contributed by atoms with Crippen LogP contribution in [0.25, 0.3) is 0 Å². The highest BCUT2D eigenvalue weighted by Crippen LogP contribution is 2.50. The first-order chi connectivity index (χ1) is 15.6. The molecule has 1 aliphatic rings. The van der Waals surface area contributed by atoms with E-state index in [1.54, 1.807) is 60.7 Å². The first kappa shape index (κ1) is 22.8. The number of ether oxygens (including phenoxy) is 2. The zero-order valence-electron chi connectivity index (χ0n) is 18.7. The topological polar surface area (TPSA) is 95.1 Å². The molecular formula is C24H23BrN4O4. The van der Waals surface area contributed by atoms with Crippen molar-refractivity contribution in [3.8, 4) is 0 Å². The molecule has 33 heavy (non-hydrogen) atoms. The second kappa shape index (κ2) is 8.55. The minimum Gasteiger partial charge on any atom is -0.429 e. The van der Waals surface area contributed by atoms with Gasteiger partial charge in [-0.2, -0.15) is 9.78 Å². The lowest BCUT2D eigenvalue weighted by atomic mass is 9.81. The third-order valence-corrected chi connectivity index (χ3v) is 6.22. The summed E-state index contributed by atoms with van der Waals surface area (Å²) in [6, 6.07) is 17.1. The van der Waals surface area contributed by atoms with Gasteiger partial charge in [-0.15, -0.1) is 10.2 Å². The standard InChI is InChI=1S/C24H23BrN4O4/c1-15-18(25)27-29-19(15)26-28-24(23(2,3)4,33-21(31)17-13-9-6-10-14-17)22(29)32-20(30)16-11-7-5-8-12-16/h5-14,22H,1-4H3/t22-,24+/m0/s1. The van der Waals surface area contributed by atoms with E-state index >= 15 is 0 Å². The minimum absolute atomic E-state index is 0.341. The number of esters is 2. The zero-order chi connectivity index (χ0) is 23.8. The highest BCUT2D eigenvalue weighted by atomic mass is 79.9. The Kier molecular flexibility index (Phi) is 5.92. The van der Waals surface area contributed by atoms with E-state index in [2.05, 4.69) is 31.3 Å². The van der Waals surface area contributed by atoms with Crippen LogP contribution in [0.4, 0.5) is 5.82 Å². The number of azo groups is 1. The van der Waals surface area contributed by atoms with Crippen molar-refractivity contribution in [2.24, 2.45) is 15.6 Å². The van der Waals surface area contributed by atoms with Gasteiger partial charge in [0.15, 0.2) is 5.82 Å². The molecule has 0 bridgehead atoms. The fourth-order valence-corrected chi connectivity index (χ4v) is 3.84. The van der Waals surface area contributed by atoms with E-state index in [1.165, 1.54) is 4.68 Å². The summed E-state index contributed by atoms with van der Waals surface area (Å²) in [6.45, 7) is 7.33. The SMILES string of the molecule is Cc1c(Br)nn2c1N=N[C@](OC(=O)c1ccccc1)(C(C)(C)C)[C@@H]2OC(=O)c1ccccc1. The lowest BCUT2D eigenvalue weighted by Crippen LogP contribution is -2.54. The molecule has 0 radical (unpaired) electrons. The zero-order valence-corrected chi connectivity index (χ0v) is 20.2. The number of benzene rings is 2. The average molecular weight is 511 g/mol. The summed E-state index contributed by atoms with van der Waals surface area (Å²) in [5, 5.41) is 13.3. The summed E-state index contributed by atoms with van der Waals surface area (Å²) in [4.78, 5) is 26.2. The van der Waals surface area contributed by atoms with Crippen LogP contribution in [-0.4, -0.2) is 27.4 Å².